The molecule has 1 aromatic carbocycles. The van der Waals surface area contributed by atoms with E-state index in [1.165, 1.54) is 12.1 Å². The van der Waals surface area contributed by atoms with Crippen LogP contribution in [0.25, 0.3) is 0 Å². The zero-order chi connectivity index (χ0) is 15.0. The number of benzene rings is 1. The summed E-state index contributed by atoms with van der Waals surface area (Å²) >= 11 is 0. The first-order chi connectivity index (χ1) is 9.26. The molecule has 0 aromatic heterocycles. The number of halogens is 4. The molecule has 1 aromatic rings. The molecule has 0 aliphatic carbocycles. The van der Waals surface area contributed by atoms with Crippen molar-refractivity contribution in [2.75, 3.05) is 13.1 Å². The zero-order valence-electron chi connectivity index (χ0n) is 11.0. The van der Waals surface area contributed by atoms with E-state index in [0.29, 0.717) is 11.1 Å². The summed E-state index contributed by atoms with van der Waals surface area (Å²) in [6, 6.07) is 3.81. The van der Waals surface area contributed by atoms with Crippen molar-refractivity contribution in [2.24, 2.45) is 5.41 Å². The third-order valence-electron chi connectivity index (χ3n) is 3.89. The minimum absolute atomic E-state index is 0.160. The van der Waals surface area contributed by atoms with E-state index in [9.17, 15) is 22.4 Å². The smallest absolute Gasteiger partial charge is 0.315 e. The fourth-order valence-corrected chi connectivity index (χ4v) is 2.50. The normalized spacial score (nSPS) is 23.1. The molecule has 6 heteroatoms. The maximum atomic E-state index is 13.2. The summed E-state index contributed by atoms with van der Waals surface area (Å²) in [4.78, 5) is 12.2. The average molecular weight is 289 g/mol. The number of carbonyl (C=O) groups is 1. The molecule has 1 fully saturated rings. The molecule has 2 rings (SSSR count). The molecule has 1 saturated heterocycles. The SMILES string of the molecule is Cc1ccc(F)cc1CC(=O)C1(C(F)(F)F)CCNC1. The molecule has 0 amide bonds. The zero-order valence-corrected chi connectivity index (χ0v) is 11.0. The Morgan fingerprint density at radius 3 is 2.65 bits per heavy atom. The van der Waals surface area contributed by atoms with E-state index in [1.54, 1.807) is 6.92 Å². The standard InChI is InChI=1S/C14H15F4NO/c1-9-2-3-11(15)6-10(9)7-12(20)13(14(16,17)18)4-5-19-8-13/h2-3,6,19H,4-5,7-8H2,1H3. The van der Waals surface area contributed by atoms with Gasteiger partial charge in [0.25, 0.3) is 0 Å². The van der Waals surface area contributed by atoms with Crippen molar-refractivity contribution >= 4 is 5.78 Å². The maximum Gasteiger partial charge on any atom is 0.402 e. The molecule has 20 heavy (non-hydrogen) atoms. The van der Waals surface area contributed by atoms with E-state index < -0.39 is 36.2 Å². The molecule has 2 nitrogen and oxygen atoms in total. The molecule has 1 heterocycles. The summed E-state index contributed by atoms with van der Waals surface area (Å²) in [6.07, 6.45) is -5.25. The highest BCUT2D eigenvalue weighted by molar-refractivity contribution is 5.88. The Balaban J connectivity index is 2.28. The Morgan fingerprint density at radius 2 is 2.10 bits per heavy atom. The van der Waals surface area contributed by atoms with E-state index in [0.717, 1.165) is 6.07 Å². The number of hydrogen-bond donors (Lipinski definition) is 1. The summed E-state index contributed by atoms with van der Waals surface area (Å²) in [7, 11) is 0. The summed E-state index contributed by atoms with van der Waals surface area (Å²) < 4.78 is 52.8. The van der Waals surface area contributed by atoms with Crippen LogP contribution in [0.1, 0.15) is 17.5 Å². The van der Waals surface area contributed by atoms with Crippen molar-refractivity contribution in [2.45, 2.75) is 25.9 Å². The molecular weight excluding hydrogens is 274 g/mol. The molecule has 110 valence electrons. The third-order valence-corrected chi connectivity index (χ3v) is 3.89. The van der Waals surface area contributed by atoms with Crippen LogP contribution in [0.15, 0.2) is 18.2 Å². The Hall–Kier alpha value is -1.43. The first-order valence-electron chi connectivity index (χ1n) is 6.32. The number of ketones is 1. The minimum Gasteiger partial charge on any atom is -0.315 e. The lowest BCUT2D eigenvalue weighted by molar-refractivity contribution is -0.214. The maximum absolute atomic E-state index is 13.2. The number of hydrogen-bond acceptors (Lipinski definition) is 2. The van der Waals surface area contributed by atoms with Crippen LogP contribution in [0.3, 0.4) is 0 Å². The van der Waals surface area contributed by atoms with Crippen molar-refractivity contribution in [3.63, 3.8) is 0 Å². The topological polar surface area (TPSA) is 29.1 Å². The van der Waals surface area contributed by atoms with Gasteiger partial charge in [-0.3, -0.25) is 4.79 Å². The average Bonchev–Trinajstić information content (AvgIpc) is 2.83. The van der Waals surface area contributed by atoms with E-state index in [2.05, 4.69) is 5.32 Å². The van der Waals surface area contributed by atoms with Gasteiger partial charge in [-0.25, -0.2) is 4.39 Å². The number of Topliss-reactive ketones (excluding diaryl/α,β-unsaturated/α-hetero) is 1. The Morgan fingerprint density at radius 1 is 1.40 bits per heavy atom. The van der Waals surface area contributed by atoms with Crippen molar-refractivity contribution in [3.8, 4) is 0 Å². The van der Waals surface area contributed by atoms with Gasteiger partial charge in [0.05, 0.1) is 0 Å². The van der Waals surface area contributed by atoms with Gasteiger partial charge in [-0.15, -0.1) is 0 Å². The lowest BCUT2D eigenvalue weighted by atomic mass is 9.79. The van der Waals surface area contributed by atoms with Crippen LogP contribution in [0.2, 0.25) is 0 Å². The number of aryl methyl sites for hydroxylation is 1. The van der Waals surface area contributed by atoms with Gasteiger partial charge in [0.15, 0.2) is 5.78 Å². The van der Waals surface area contributed by atoms with Gasteiger partial charge >= 0.3 is 6.18 Å². The van der Waals surface area contributed by atoms with Gasteiger partial charge in [-0.2, -0.15) is 13.2 Å². The van der Waals surface area contributed by atoms with Crippen LogP contribution in [-0.2, 0) is 11.2 Å². The van der Waals surface area contributed by atoms with Crippen molar-refractivity contribution < 1.29 is 22.4 Å². The summed E-state index contributed by atoms with van der Waals surface area (Å²) in [5, 5.41) is 2.60. The second kappa shape index (κ2) is 5.16. The van der Waals surface area contributed by atoms with Crippen LogP contribution in [0, 0.1) is 18.2 Å². The third kappa shape index (κ3) is 2.57. The Bertz CT molecular complexity index is 518. The van der Waals surface area contributed by atoms with Gasteiger partial charge in [-0.05, 0) is 43.1 Å². The van der Waals surface area contributed by atoms with Crippen LogP contribution in [0.5, 0.6) is 0 Å². The Kier molecular flexibility index (Phi) is 3.86. The van der Waals surface area contributed by atoms with Gasteiger partial charge in [0.2, 0.25) is 0 Å². The second-order valence-electron chi connectivity index (χ2n) is 5.18. The fraction of sp³-hybridized carbons (Fsp3) is 0.500. The molecule has 1 aliphatic rings. The molecule has 0 radical (unpaired) electrons. The quantitative estimate of drug-likeness (QED) is 0.867. The lowest BCUT2D eigenvalue weighted by Gasteiger charge is -2.29. The van der Waals surface area contributed by atoms with E-state index in [4.69, 9.17) is 0 Å². The van der Waals surface area contributed by atoms with Gasteiger partial charge < -0.3 is 5.32 Å². The fourth-order valence-electron chi connectivity index (χ4n) is 2.50. The predicted molar refractivity (Wildman–Crippen MR) is 65.8 cm³/mol. The highest BCUT2D eigenvalue weighted by Gasteiger charge is 2.60. The van der Waals surface area contributed by atoms with Gasteiger partial charge in [-0.1, -0.05) is 6.07 Å². The number of nitrogens with one attached hydrogen (secondary N) is 1. The van der Waals surface area contributed by atoms with Crippen molar-refractivity contribution in [1.29, 1.82) is 0 Å². The van der Waals surface area contributed by atoms with Gasteiger partial charge in [0.1, 0.15) is 11.2 Å². The lowest BCUT2D eigenvalue weighted by Crippen LogP contribution is -2.47. The number of rotatable bonds is 3. The summed E-state index contributed by atoms with van der Waals surface area (Å²) in [6.45, 7) is 1.41. The van der Waals surface area contributed by atoms with Crippen LogP contribution < -0.4 is 5.32 Å². The molecule has 0 bridgehead atoms. The minimum atomic E-state index is -4.59. The van der Waals surface area contributed by atoms with Crippen molar-refractivity contribution in [3.05, 3.63) is 35.1 Å². The highest BCUT2D eigenvalue weighted by atomic mass is 19.4. The molecular formula is C14H15F4NO. The predicted octanol–water partition coefficient (Wildman–Crippen LogP) is 2.79. The van der Waals surface area contributed by atoms with E-state index in [1.807, 2.05) is 0 Å². The van der Waals surface area contributed by atoms with Crippen molar-refractivity contribution in [1.82, 2.24) is 5.32 Å². The largest absolute Gasteiger partial charge is 0.402 e. The van der Waals surface area contributed by atoms with E-state index >= 15 is 0 Å². The molecule has 1 aliphatic heterocycles. The Labute approximate surface area is 114 Å². The second-order valence-corrected chi connectivity index (χ2v) is 5.18. The van der Waals surface area contributed by atoms with Crippen LogP contribution >= 0.6 is 0 Å². The monoisotopic (exact) mass is 289 g/mol. The van der Waals surface area contributed by atoms with Crippen LogP contribution in [-0.4, -0.2) is 25.0 Å². The molecule has 1 unspecified atom stereocenters. The summed E-state index contributed by atoms with van der Waals surface area (Å²) in [5.74, 6) is -1.45. The summed E-state index contributed by atoms with van der Waals surface area (Å²) in [5.41, 5.74) is -1.42. The van der Waals surface area contributed by atoms with E-state index in [-0.39, 0.29) is 13.0 Å². The number of alkyl halides is 3. The first kappa shape index (κ1) is 15.0. The molecule has 1 atom stereocenters. The molecule has 0 saturated carbocycles. The number of carbonyl (C=O) groups excluding carboxylic acids is 1. The van der Waals surface area contributed by atoms with Crippen LogP contribution in [0.4, 0.5) is 17.6 Å². The highest BCUT2D eigenvalue weighted by Crippen LogP contribution is 2.44. The first-order valence-corrected chi connectivity index (χ1v) is 6.32. The molecule has 0 spiro atoms. The van der Waals surface area contributed by atoms with Gasteiger partial charge in [0, 0.05) is 13.0 Å². The molecule has 1 N–H and O–H groups in total.